The molecular formula is C13H22N2O5. The number of aliphatic carboxylic acids is 1. The Labute approximate surface area is 117 Å². The third kappa shape index (κ3) is 4.19. The maximum Gasteiger partial charge on any atom is 0.326 e. The number of nitrogens with zero attached hydrogens (tertiary/aromatic N) is 1. The second-order valence-electron chi connectivity index (χ2n) is 5.61. The molecule has 0 spiro atoms. The quantitative estimate of drug-likeness (QED) is 0.636. The monoisotopic (exact) mass is 286 g/mol. The van der Waals surface area contributed by atoms with E-state index in [-0.39, 0.29) is 24.8 Å². The Morgan fingerprint density at radius 2 is 1.95 bits per heavy atom. The molecule has 0 aliphatic carbocycles. The van der Waals surface area contributed by atoms with Gasteiger partial charge in [0.2, 0.25) is 11.8 Å². The summed E-state index contributed by atoms with van der Waals surface area (Å²) < 4.78 is 0. The van der Waals surface area contributed by atoms with E-state index in [0.29, 0.717) is 6.42 Å². The van der Waals surface area contributed by atoms with Crippen LogP contribution in [0.4, 0.5) is 0 Å². The topological polar surface area (TPSA) is 107 Å². The first kappa shape index (κ1) is 16.4. The molecule has 1 aliphatic heterocycles. The van der Waals surface area contributed by atoms with Crippen molar-refractivity contribution in [1.29, 1.82) is 0 Å². The van der Waals surface area contributed by atoms with Gasteiger partial charge in [0.05, 0.1) is 6.10 Å². The van der Waals surface area contributed by atoms with Crippen LogP contribution >= 0.6 is 0 Å². The van der Waals surface area contributed by atoms with Crippen LogP contribution in [0.25, 0.3) is 0 Å². The fraction of sp³-hybridized carbons (Fsp3) is 0.769. The molecule has 0 aromatic carbocycles. The van der Waals surface area contributed by atoms with Crippen LogP contribution in [0.2, 0.25) is 0 Å². The highest BCUT2D eigenvalue weighted by molar-refractivity contribution is 5.90. The summed E-state index contributed by atoms with van der Waals surface area (Å²) >= 11 is 0. The smallest absolute Gasteiger partial charge is 0.326 e. The molecule has 7 heteroatoms. The van der Waals surface area contributed by atoms with Gasteiger partial charge in [-0.2, -0.15) is 0 Å². The minimum atomic E-state index is -1.10. The Morgan fingerprint density at radius 1 is 1.35 bits per heavy atom. The van der Waals surface area contributed by atoms with E-state index in [1.54, 1.807) is 0 Å². The molecule has 114 valence electrons. The van der Waals surface area contributed by atoms with Crippen LogP contribution in [-0.2, 0) is 14.4 Å². The summed E-state index contributed by atoms with van der Waals surface area (Å²) in [7, 11) is 0. The number of nitrogens with one attached hydrogen (secondary N) is 1. The largest absolute Gasteiger partial charge is 0.480 e. The van der Waals surface area contributed by atoms with Gasteiger partial charge in [-0.25, -0.2) is 4.79 Å². The summed E-state index contributed by atoms with van der Waals surface area (Å²) in [5.41, 5.74) is 0. The van der Waals surface area contributed by atoms with E-state index in [1.807, 2.05) is 13.8 Å². The highest BCUT2D eigenvalue weighted by atomic mass is 16.4. The van der Waals surface area contributed by atoms with Crippen LogP contribution in [0.15, 0.2) is 0 Å². The molecule has 1 heterocycles. The number of carbonyl (C=O) groups excluding carboxylic acids is 2. The number of carboxylic acid groups (broad SMARTS) is 1. The first-order chi connectivity index (χ1) is 9.22. The van der Waals surface area contributed by atoms with E-state index in [0.717, 1.165) is 0 Å². The molecule has 0 bridgehead atoms. The number of rotatable bonds is 5. The van der Waals surface area contributed by atoms with Crippen LogP contribution in [0.1, 0.15) is 33.6 Å². The molecule has 1 saturated heterocycles. The first-order valence-electron chi connectivity index (χ1n) is 6.70. The highest BCUT2D eigenvalue weighted by Gasteiger charge is 2.38. The Hall–Kier alpha value is -1.63. The van der Waals surface area contributed by atoms with Gasteiger partial charge in [-0.3, -0.25) is 9.59 Å². The van der Waals surface area contributed by atoms with E-state index in [1.165, 1.54) is 11.8 Å². The maximum absolute atomic E-state index is 12.1. The zero-order valence-electron chi connectivity index (χ0n) is 12.0. The summed E-state index contributed by atoms with van der Waals surface area (Å²) in [6, 6.07) is -1.77. The molecule has 2 amide bonds. The number of aliphatic hydroxyl groups excluding tert-OH is 1. The van der Waals surface area contributed by atoms with Crippen molar-refractivity contribution in [2.45, 2.75) is 51.8 Å². The van der Waals surface area contributed by atoms with Gasteiger partial charge in [0.1, 0.15) is 12.1 Å². The van der Waals surface area contributed by atoms with Crippen molar-refractivity contribution in [3.63, 3.8) is 0 Å². The summed E-state index contributed by atoms with van der Waals surface area (Å²) in [5, 5.41) is 21.1. The molecule has 20 heavy (non-hydrogen) atoms. The predicted molar refractivity (Wildman–Crippen MR) is 70.8 cm³/mol. The normalized spacial score (nSPS) is 23.8. The fourth-order valence-corrected chi connectivity index (χ4v) is 2.37. The Morgan fingerprint density at radius 3 is 2.40 bits per heavy atom. The van der Waals surface area contributed by atoms with E-state index in [9.17, 15) is 19.5 Å². The number of aliphatic hydroxyl groups is 1. The number of amides is 2. The van der Waals surface area contributed by atoms with Crippen LogP contribution < -0.4 is 5.32 Å². The van der Waals surface area contributed by atoms with E-state index in [2.05, 4.69) is 5.32 Å². The second kappa shape index (κ2) is 6.69. The summed E-state index contributed by atoms with van der Waals surface area (Å²) in [6.07, 6.45) is -0.293. The van der Waals surface area contributed by atoms with Gasteiger partial charge in [0, 0.05) is 19.9 Å². The van der Waals surface area contributed by atoms with Crippen molar-refractivity contribution in [2.75, 3.05) is 6.54 Å². The Bertz CT molecular complexity index is 396. The van der Waals surface area contributed by atoms with E-state index < -0.39 is 30.1 Å². The zero-order chi connectivity index (χ0) is 15.4. The highest BCUT2D eigenvalue weighted by Crippen LogP contribution is 2.18. The number of hydrogen-bond donors (Lipinski definition) is 3. The Balaban J connectivity index is 2.72. The lowest BCUT2D eigenvalue weighted by molar-refractivity contribution is -0.144. The molecule has 1 fully saturated rings. The minimum Gasteiger partial charge on any atom is -0.480 e. The van der Waals surface area contributed by atoms with Gasteiger partial charge in [-0.1, -0.05) is 13.8 Å². The molecule has 1 rings (SSSR count). The number of hydrogen-bond acceptors (Lipinski definition) is 4. The van der Waals surface area contributed by atoms with Crippen molar-refractivity contribution in [1.82, 2.24) is 10.2 Å². The van der Waals surface area contributed by atoms with Crippen molar-refractivity contribution in [2.24, 2.45) is 5.92 Å². The average molecular weight is 286 g/mol. The third-order valence-electron chi connectivity index (χ3n) is 3.31. The molecule has 1 unspecified atom stereocenters. The lowest BCUT2D eigenvalue weighted by Crippen LogP contribution is -2.50. The Kier molecular flexibility index (Phi) is 5.50. The number of β-amino-alcohol motifs (C(OH)–C–C–N with tert-alkyl or cyclic N) is 1. The van der Waals surface area contributed by atoms with Gasteiger partial charge in [0.15, 0.2) is 0 Å². The molecular weight excluding hydrogens is 264 g/mol. The van der Waals surface area contributed by atoms with Crippen molar-refractivity contribution >= 4 is 17.8 Å². The van der Waals surface area contributed by atoms with E-state index >= 15 is 0 Å². The van der Waals surface area contributed by atoms with Gasteiger partial charge >= 0.3 is 5.97 Å². The molecule has 3 N–H and O–H groups in total. The summed E-state index contributed by atoms with van der Waals surface area (Å²) in [5.74, 6) is -1.81. The van der Waals surface area contributed by atoms with Crippen molar-refractivity contribution in [3.8, 4) is 0 Å². The molecule has 0 radical (unpaired) electrons. The minimum absolute atomic E-state index is 0.106. The standard InChI is InChI=1S/C13H22N2O5/c1-7(2)4-10(13(19)20)14-12(18)11-5-9(17)6-15(11)8(3)16/h7,9-11,17H,4-6H2,1-3H3,(H,14,18)(H,19,20)/t9?,10-,11-/m0/s1. The molecule has 3 atom stereocenters. The maximum atomic E-state index is 12.1. The van der Waals surface area contributed by atoms with Gasteiger partial charge < -0.3 is 20.4 Å². The molecule has 0 aromatic rings. The number of likely N-dealkylation sites (tertiary alicyclic amines) is 1. The van der Waals surface area contributed by atoms with E-state index in [4.69, 9.17) is 5.11 Å². The number of carbonyl (C=O) groups is 3. The SMILES string of the molecule is CC(=O)N1CC(O)C[C@H]1C(=O)N[C@@H](CC(C)C)C(=O)O. The van der Waals surface area contributed by atoms with Crippen LogP contribution in [0, 0.1) is 5.92 Å². The lowest BCUT2D eigenvalue weighted by Gasteiger charge is -2.24. The van der Waals surface area contributed by atoms with Crippen LogP contribution in [0.5, 0.6) is 0 Å². The van der Waals surface area contributed by atoms with Crippen LogP contribution in [-0.4, -0.2) is 57.6 Å². The number of carboxylic acids is 1. The predicted octanol–water partition coefficient (Wildman–Crippen LogP) is -0.416. The first-order valence-corrected chi connectivity index (χ1v) is 6.70. The molecule has 7 nitrogen and oxygen atoms in total. The summed E-state index contributed by atoms with van der Waals surface area (Å²) in [4.78, 5) is 35.9. The molecule has 1 aliphatic rings. The van der Waals surface area contributed by atoms with Gasteiger partial charge in [-0.15, -0.1) is 0 Å². The van der Waals surface area contributed by atoms with Crippen molar-refractivity contribution in [3.05, 3.63) is 0 Å². The average Bonchev–Trinajstić information content (AvgIpc) is 2.69. The zero-order valence-corrected chi connectivity index (χ0v) is 12.0. The second-order valence-corrected chi connectivity index (χ2v) is 5.61. The lowest BCUT2D eigenvalue weighted by atomic mass is 10.0. The van der Waals surface area contributed by atoms with Gasteiger partial charge in [-0.05, 0) is 12.3 Å². The van der Waals surface area contributed by atoms with Gasteiger partial charge in [0.25, 0.3) is 0 Å². The fourth-order valence-electron chi connectivity index (χ4n) is 2.37. The van der Waals surface area contributed by atoms with Crippen molar-refractivity contribution < 1.29 is 24.6 Å². The third-order valence-corrected chi connectivity index (χ3v) is 3.31. The summed E-state index contributed by atoms with van der Waals surface area (Å²) in [6.45, 7) is 5.16. The van der Waals surface area contributed by atoms with Crippen LogP contribution in [0.3, 0.4) is 0 Å². The molecule has 0 saturated carbocycles. The molecule has 0 aromatic heterocycles.